The summed E-state index contributed by atoms with van der Waals surface area (Å²) < 4.78 is 16.4. The molecule has 0 aliphatic carbocycles. The van der Waals surface area contributed by atoms with Gasteiger partial charge in [-0.05, 0) is 42.8 Å². The molecule has 1 aliphatic rings. The smallest absolute Gasteiger partial charge is 0.162 e. The van der Waals surface area contributed by atoms with Gasteiger partial charge in [-0.3, -0.25) is 4.57 Å². The number of nitrogens with zero attached hydrogens (tertiary/aromatic N) is 4. The molecule has 0 fully saturated rings. The standard InChI is InChI=1S/C13H11BrFN5/c1-6-18-19-12-13(2,3)17-10-9(15)4-8(14)7(5-16)11(10)20(6)12/h4,17H,1-3H3. The van der Waals surface area contributed by atoms with E-state index in [9.17, 15) is 9.65 Å². The largest absolute Gasteiger partial charge is 0.369 e. The van der Waals surface area contributed by atoms with Gasteiger partial charge in [0.15, 0.2) is 5.82 Å². The quantitative estimate of drug-likeness (QED) is 0.803. The van der Waals surface area contributed by atoms with Crippen LogP contribution in [0.2, 0.25) is 0 Å². The number of benzene rings is 1. The van der Waals surface area contributed by atoms with E-state index >= 15 is 0 Å². The first-order valence-corrected chi connectivity index (χ1v) is 6.79. The van der Waals surface area contributed by atoms with Crippen LogP contribution in [0.15, 0.2) is 10.5 Å². The molecule has 0 amide bonds. The summed E-state index contributed by atoms with van der Waals surface area (Å²) in [5.41, 5.74) is 0.533. The van der Waals surface area contributed by atoms with Crippen LogP contribution in [0, 0.1) is 24.1 Å². The number of fused-ring (bicyclic) bond motifs is 3. The summed E-state index contributed by atoms with van der Waals surface area (Å²) in [6, 6.07) is 3.40. The number of nitriles is 1. The molecule has 1 aliphatic heterocycles. The summed E-state index contributed by atoms with van der Waals surface area (Å²) in [6.45, 7) is 5.56. The van der Waals surface area contributed by atoms with Crippen molar-refractivity contribution in [3.63, 3.8) is 0 Å². The normalized spacial score (nSPS) is 15.0. The second kappa shape index (κ2) is 4.03. The fraction of sp³-hybridized carbons (Fsp3) is 0.308. The Kier molecular flexibility index (Phi) is 2.63. The van der Waals surface area contributed by atoms with Crippen molar-refractivity contribution in [2.45, 2.75) is 26.3 Å². The van der Waals surface area contributed by atoms with Gasteiger partial charge < -0.3 is 5.32 Å². The van der Waals surface area contributed by atoms with Crippen LogP contribution < -0.4 is 5.32 Å². The Labute approximate surface area is 123 Å². The Morgan fingerprint density at radius 3 is 2.80 bits per heavy atom. The van der Waals surface area contributed by atoms with Crippen LogP contribution in [0.4, 0.5) is 10.1 Å². The third-order valence-electron chi connectivity index (χ3n) is 3.36. The summed E-state index contributed by atoms with van der Waals surface area (Å²) in [5, 5.41) is 20.7. The number of anilines is 1. The molecule has 2 heterocycles. The molecule has 0 unspecified atom stereocenters. The van der Waals surface area contributed by atoms with Gasteiger partial charge in [-0.2, -0.15) is 5.26 Å². The Morgan fingerprint density at radius 1 is 1.45 bits per heavy atom. The second-order valence-corrected chi connectivity index (χ2v) is 6.06. The topological polar surface area (TPSA) is 66.5 Å². The van der Waals surface area contributed by atoms with Crippen molar-refractivity contribution in [3.05, 3.63) is 33.6 Å². The van der Waals surface area contributed by atoms with E-state index in [1.54, 1.807) is 11.5 Å². The molecule has 0 saturated carbocycles. The van der Waals surface area contributed by atoms with E-state index in [2.05, 4.69) is 37.5 Å². The molecular weight excluding hydrogens is 325 g/mol. The maximum atomic E-state index is 14.3. The highest BCUT2D eigenvalue weighted by molar-refractivity contribution is 9.10. The number of aryl methyl sites for hydroxylation is 1. The zero-order valence-electron chi connectivity index (χ0n) is 11.1. The lowest BCUT2D eigenvalue weighted by molar-refractivity contribution is 0.521. The van der Waals surface area contributed by atoms with E-state index in [0.717, 1.165) is 0 Å². The van der Waals surface area contributed by atoms with Crippen molar-refractivity contribution in [2.24, 2.45) is 0 Å². The maximum absolute atomic E-state index is 14.3. The first-order valence-electron chi connectivity index (χ1n) is 6.00. The number of aromatic nitrogens is 3. The molecule has 0 saturated heterocycles. The molecule has 7 heteroatoms. The first kappa shape index (κ1) is 13.1. The van der Waals surface area contributed by atoms with Crippen molar-refractivity contribution < 1.29 is 4.39 Å². The van der Waals surface area contributed by atoms with E-state index in [1.165, 1.54) is 6.07 Å². The van der Waals surface area contributed by atoms with Crippen LogP contribution in [0.25, 0.3) is 5.69 Å². The summed E-state index contributed by atoms with van der Waals surface area (Å²) in [7, 11) is 0. The number of rotatable bonds is 0. The fourth-order valence-electron chi connectivity index (χ4n) is 2.46. The predicted octanol–water partition coefficient (Wildman–Crippen LogP) is 3.01. The molecule has 1 aromatic heterocycles. The van der Waals surface area contributed by atoms with Crippen molar-refractivity contribution in [3.8, 4) is 11.8 Å². The highest BCUT2D eigenvalue weighted by Gasteiger charge is 2.37. The van der Waals surface area contributed by atoms with Crippen LogP contribution in [0.3, 0.4) is 0 Å². The highest BCUT2D eigenvalue weighted by Crippen LogP contribution is 2.41. The average molecular weight is 336 g/mol. The molecule has 0 radical (unpaired) electrons. The van der Waals surface area contributed by atoms with Crippen LogP contribution in [-0.2, 0) is 5.54 Å². The molecule has 1 N–H and O–H groups in total. The van der Waals surface area contributed by atoms with Crippen molar-refractivity contribution in [1.82, 2.24) is 14.8 Å². The molecule has 20 heavy (non-hydrogen) atoms. The average Bonchev–Trinajstić information content (AvgIpc) is 2.74. The predicted molar refractivity (Wildman–Crippen MR) is 75.1 cm³/mol. The minimum absolute atomic E-state index is 0.296. The Balaban J connectivity index is 2.48. The summed E-state index contributed by atoms with van der Waals surface area (Å²) in [4.78, 5) is 0. The number of nitrogens with one attached hydrogen (secondary N) is 1. The van der Waals surface area contributed by atoms with E-state index in [4.69, 9.17) is 0 Å². The van der Waals surface area contributed by atoms with Gasteiger partial charge >= 0.3 is 0 Å². The van der Waals surface area contributed by atoms with Gasteiger partial charge in [0, 0.05) is 4.47 Å². The molecule has 0 atom stereocenters. The number of halogens is 2. The summed E-state index contributed by atoms with van der Waals surface area (Å²) >= 11 is 3.24. The maximum Gasteiger partial charge on any atom is 0.162 e. The van der Waals surface area contributed by atoms with E-state index in [1.807, 2.05) is 13.8 Å². The third-order valence-corrected chi connectivity index (χ3v) is 3.99. The van der Waals surface area contributed by atoms with Crippen LogP contribution in [-0.4, -0.2) is 14.8 Å². The van der Waals surface area contributed by atoms with Crippen molar-refractivity contribution in [2.75, 3.05) is 5.32 Å². The number of hydrogen-bond acceptors (Lipinski definition) is 4. The van der Waals surface area contributed by atoms with Crippen LogP contribution in [0.1, 0.15) is 31.1 Å². The monoisotopic (exact) mass is 335 g/mol. The van der Waals surface area contributed by atoms with Crippen LogP contribution >= 0.6 is 15.9 Å². The Bertz CT molecular complexity index is 772. The van der Waals surface area contributed by atoms with E-state index in [-0.39, 0.29) is 0 Å². The molecular formula is C13H11BrFN5. The van der Waals surface area contributed by atoms with Crippen LogP contribution in [0.5, 0.6) is 0 Å². The third kappa shape index (κ3) is 1.58. The molecule has 2 aromatic rings. The fourth-order valence-corrected chi connectivity index (χ4v) is 2.94. The highest BCUT2D eigenvalue weighted by atomic mass is 79.9. The first-order chi connectivity index (χ1) is 9.36. The molecule has 5 nitrogen and oxygen atoms in total. The lowest BCUT2D eigenvalue weighted by Gasteiger charge is -2.34. The molecule has 0 bridgehead atoms. The van der Waals surface area contributed by atoms with Gasteiger partial charge in [-0.15, -0.1) is 10.2 Å². The molecule has 0 spiro atoms. The van der Waals surface area contributed by atoms with Crippen molar-refractivity contribution >= 4 is 21.6 Å². The molecule has 1 aromatic carbocycles. The zero-order valence-corrected chi connectivity index (χ0v) is 12.7. The van der Waals surface area contributed by atoms with E-state index < -0.39 is 11.4 Å². The zero-order chi connectivity index (χ0) is 14.7. The van der Waals surface area contributed by atoms with Gasteiger partial charge in [0.25, 0.3) is 0 Å². The molecule has 102 valence electrons. The van der Waals surface area contributed by atoms with Gasteiger partial charge in [0.1, 0.15) is 17.7 Å². The Hall–Kier alpha value is -1.94. The van der Waals surface area contributed by atoms with E-state index in [0.29, 0.717) is 33.1 Å². The van der Waals surface area contributed by atoms with Crippen molar-refractivity contribution in [1.29, 1.82) is 5.26 Å². The second-order valence-electron chi connectivity index (χ2n) is 5.21. The van der Waals surface area contributed by atoms with Gasteiger partial charge in [-0.1, -0.05) is 0 Å². The lowest BCUT2D eigenvalue weighted by Crippen LogP contribution is -2.37. The van der Waals surface area contributed by atoms with Gasteiger partial charge in [0.05, 0.1) is 22.5 Å². The number of hydrogen-bond donors (Lipinski definition) is 1. The molecule has 3 rings (SSSR count). The van der Waals surface area contributed by atoms with Gasteiger partial charge in [0.2, 0.25) is 0 Å². The Morgan fingerprint density at radius 2 is 2.15 bits per heavy atom. The minimum atomic E-state index is -0.574. The minimum Gasteiger partial charge on any atom is -0.369 e. The summed E-state index contributed by atoms with van der Waals surface area (Å²) in [5.74, 6) is 0.846. The SMILES string of the molecule is Cc1nnc2n1-c1c(C#N)c(Br)cc(F)c1NC2(C)C. The van der Waals surface area contributed by atoms with Gasteiger partial charge in [-0.25, -0.2) is 4.39 Å². The lowest BCUT2D eigenvalue weighted by atomic mass is 9.98. The summed E-state index contributed by atoms with van der Waals surface area (Å²) in [6.07, 6.45) is 0.